The minimum Gasteiger partial charge on any atom is -1.00 e. The molecule has 0 atom stereocenters. The molecule has 1 aliphatic rings. The third kappa shape index (κ3) is 5.36. The van der Waals surface area contributed by atoms with Crippen molar-refractivity contribution in [2.75, 3.05) is 7.11 Å². The van der Waals surface area contributed by atoms with Gasteiger partial charge >= 0.3 is 5.95 Å². The smallest absolute Gasteiger partial charge is 0.402 e. The summed E-state index contributed by atoms with van der Waals surface area (Å²) in [4.78, 5) is 9.76. The number of halogens is 2. The summed E-state index contributed by atoms with van der Waals surface area (Å²) in [6, 6.07) is 14.6. The molecule has 8 heteroatoms. The van der Waals surface area contributed by atoms with Gasteiger partial charge in [-0.1, -0.05) is 78.0 Å². The summed E-state index contributed by atoms with van der Waals surface area (Å²) in [5, 5.41) is 0.775. The van der Waals surface area contributed by atoms with Crippen LogP contribution in [0, 0.1) is 6.92 Å². The molecule has 0 saturated heterocycles. The van der Waals surface area contributed by atoms with E-state index in [9.17, 15) is 0 Å². The highest BCUT2D eigenvalue weighted by molar-refractivity contribution is 8.76. The average Bonchev–Trinajstić information content (AvgIpc) is 3.26. The van der Waals surface area contributed by atoms with E-state index in [2.05, 4.69) is 62.4 Å². The molecule has 4 aromatic rings. The number of benzene rings is 2. The highest BCUT2D eigenvalue weighted by Crippen LogP contribution is 2.46. The van der Waals surface area contributed by atoms with Gasteiger partial charge in [0.15, 0.2) is 5.52 Å². The molecule has 0 radical (unpaired) electrons. The molecule has 0 unspecified atom stereocenters. The van der Waals surface area contributed by atoms with E-state index in [1.165, 1.54) is 24.0 Å². The quantitative estimate of drug-likeness (QED) is 0.257. The number of pyridine rings is 1. The summed E-state index contributed by atoms with van der Waals surface area (Å²) in [5.74, 6) is 2.47. The van der Waals surface area contributed by atoms with E-state index < -0.39 is 0 Å². The third-order valence-electron chi connectivity index (χ3n) is 7.54. The molecule has 0 bridgehead atoms. The van der Waals surface area contributed by atoms with Crippen LogP contribution in [0.3, 0.4) is 0 Å². The Balaban J connectivity index is 0.00000320. The molecule has 0 aliphatic heterocycles. The van der Waals surface area contributed by atoms with Crippen molar-refractivity contribution >= 4 is 44.2 Å². The first-order valence-electron chi connectivity index (χ1n) is 12.3. The molecule has 0 amide bonds. The van der Waals surface area contributed by atoms with Crippen LogP contribution in [0.1, 0.15) is 62.9 Å². The van der Waals surface area contributed by atoms with E-state index in [1.807, 2.05) is 30.5 Å². The number of nitrogens with one attached hydrogen (secondary N) is 1. The number of nitrogens with zero attached hydrogens (tertiary/aromatic N) is 2. The predicted molar refractivity (Wildman–Crippen MR) is 153 cm³/mol. The zero-order valence-corrected chi connectivity index (χ0v) is 25.3. The minimum atomic E-state index is 0. The minimum absolute atomic E-state index is 0. The summed E-state index contributed by atoms with van der Waals surface area (Å²) >= 11 is 6.38. The maximum Gasteiger partial charge on any atom is 0.402 e. The van der Waals surface area contributed by atoms with Crippen molar-refractivity contribution in [1.82, 2.24) is 9.97 Å². The normalized spacial score (nSPS) is 15.8. The van der Waals surface area contributed by atoms with Crippen molar-refractivity contribution in [2.45, 2.75) is 68.9 Å². The van der Waals surface area contributed by atoms with Crippen LogP contribution >= 0.6 is 33.2 Å². The fraction of sp³-hybridized carbons (Fsp3) is 0.379. The lowest BCUT2D eigenvalue weighted by Gasteiger charge is -2.41. The summed E-state index contributed by atoms with van der Waals surface area (Å²) in [5.41, 5.74) is 7.51. The Morgan fingerprint density at radius 2 is 1.73 bits per heavy atom. The van der Waals surface area contributed by atoms with Gasteiger partial charge in [0.05, 0.1) is 24.1 Å². The highest BCUT2D eigenvalue weighted by Gasteiger charge is 2.38. The second kappa shape index (κ2) is 10.7. The SMILES string of the molecule is COc1cc[n+](-c2nc3cc4c(cc3[nH]2)C(C)(C)CCC4(C)C)c(CSSc2ccccc2Cl)c1C.[Cl-]. The van der Waals surface area contributed by atoms with Crippen LogP contribution in [0.2, 0.25) is 5.02 Å². The second-order valence-electron chi connectivity index (χ2n) is 10.8. The van der Waals surface area contributed by atoms with Crippen LogP contribution < -0.4 is 21.7 Å². The van der Waals surface area contributed by atoms with Crippen LogP contribution in [0.5, 0.6) is 5.75 Å². The molecule has 2 heterocycles. The number of H-pyrrole nitrogens is 1. The molecule has 37 heavy (non-hydrogen) atoms. The topological polar surface area (TPSA) is 41.8 Å². The molecular formula is C29H33Cl2N3OS2. The molecule has 2 aromatic carbocycles. The lowest BCUT2D eigenvalue weighted by atomic mass is 9.63. The Labute approximate surface area is 238 Å². The van der Waals surface area contributed by atoms with Gasteiger partial charge in [-0.2, -0.15) is 0 Å². The van der Waals surface area contributed by atoms with Crippen LogP contribution in [-0.2, 0) is 16.6 Å². The third-order valence-corrected chi connectivity index (χ3v) is 10.3. The summed E-state index contributed by atoms with van der Waals surface area (Å²) in [6.45, 7) is 11.5. The maximum atomic E-state index is 6.38. The van der Waals surface area contributed by atoms with Crippen molar-refractivity contribution < 1.29 is 21.7 Å². The van der Waals surface area contributed by atoms with Crippen molar-refractivity contribution in [2.24, 2.45) is 0 Å². The number of ether oxygens (including phenoxy) is 1. The zero-order valence-electron chi connectivity index (χ0n) is 22.1. The van der Waals surface area contributed by atoms with E-state index in [0.717, 1.165) is 49.7 Å². The van der Waals surface area contributed by atoms with Crippen molar-refractivity contribution in [3.8, 4) is 11.7 Å². The monoisotopic (exact) mass is 573 g/mol. The number of rotatable bonds is 6. The first-order chi connectivity index (χ1) is 17.1. The van der Waals surface area contributed by atoms with Gasteiger partial charge in [0.2, 0.25) is 0 Å². The first-order valence-corrected chi connectivity index (χ1v) is 15.0. The Morgan fingerprint density at radius 3 is 2.41 bits per heavy atom. The Morgan fingerprint density at radius 1 is 1.05 bits per heavy atom. The molecular weight excluding hydrogens is 541 g/mol. The van der Waals surface area contributed by atoms with Crippen molar-refractivity contribution in [3.63, 3.8) is 0 Å². The van der Waals surface area contributed by atoms with Gasteiger partial charge in [-0.3, -0.25) is 0 Å². The molecule has 0 spiro atoms. The molecule has 2 aromatic heterocycles. The molecule has 1 N–H and O–H groups in total. The number of fused-ring (bicyclic) bond motifs is 2. The fourth-order valence-electron chi connectivity index (χ4n) is 5.11. The van der Waals surface area contributed by atoms with Gasteiger partial charge in [-0.25, -0.2) is 9.55 Å². The van der Waals surface area contributed by atoms with Gasteiger partial charge in [-0.15, -0.1) is 0 Å². The number of aromatic amines is 1. The molecule has 0 saturated carbocycles. The molecule has 4 nitrogen and oxygen atoms in total. The van der Waals surface area contributed by atoms with Gasteiger partial charge in [0.25, 0.3) is 0 Å². The number of aromatic nitrogens is 3. The lowest BCUT2D eigenvalue weighted by Crippen LogP contribution is -3.00. The van der Waals surface area contributed by atoms with Crippen LogP contribution in [0.15, 0.2) is 53.6 Å². The summed E-state index contributed by atoms with van der Waals surface area (Å²) in [6.07, 6.45) is 4.43. The van der Waals surface area contributed by atoms with Crippen LogP contribution in [0.4, 0.5) is 0 Å². The van der Waals surface area contributed by atoms with Crippen LogP contribution in [-0.4, -0.2) is 17.1 Å². The zero-order chi connectivity index (χ0) is 25.7. The van der Waals surface area contributed by atoms with E-state index in [0.29, 0.717) is 0 Å². The molecule has 196 valence electrons. The largest absolute Gasteiger partial charge is 1.00 e. The van der Waals surface area contributed by atoms with Gasteiger partial charge in [-0.05, 0) is 66.0 Å². The van der Waals surface area contributed by atoms with Crippen molar-refractivity contribution in [1.29, 1.82) is 0 Å². The first kappa shape index (κ1) is 28.2. The highest BCUT2D eigenvalue weighted by atomic mass is 35.5. The second-order valence-corrected chi connectivity index (χ2v) is 13.6. The van der Waals surface area contributed by atoms with Gasteiger partial charge < -0.3 is 17.1 Å². The number of imidazole rings is 1. The molecule has 1 aliphatic carbocycles. The molecule has 5 rings (SSSR count). The number of hydrogen-bond donors (Lipinski definition) is 1. The van der Waals surface area contributed by atoms with Crippen LogP contribution in [0.25, 0.3) is 17.0 Å². The average molecular weight is 575 g/mol. The van der Waals surface area contributed by atoms with E-state index in [4.69, 9.17) is 21.3 Å². The number of methoxy groups -OCH3 is 1. The predicted octanol–water partition coefficient (Wildman–Crippen LogP) is 5.10. The Bertz CT molecular complexity index is 1400. The summed E-state index contributed by atoms with van der Waals surface area (Å²) < 4.78 is 7.81. The Kier molecular flexibility index (Phi) is 8.16. The van der Waals surface area contributed by atoms with Gasteiger partial charge in [0, 0.05) is 16.5 Å². The fourth-order valence-corrected chi connectivity index (χ4v) is 7.76. The van der Waals surface area contributed by atoms with Gasteiger partial charge in [0.1, 0.15) is 17.0 Å². The maximum absolute atomic E-state index is 6.38. The standard InChI is InChI=1S/C29H33ClN3OS2.ClH/c1-18-24(17-35-36-26-10-8-7-9-21(26)30)33(14-11-25(18)34-6)27-31-22-15-19-20(16-23(22)32-27)29(4,5)13-12-28(19,2)3;/h7-11,14-16H,12-13,17H2,1-6H3,(H,31,32);1H/q+1;/p-1. The summed E-state index contributed by atoms with van der Waals surface area (Å²) in [7, 11) is 5.17. The van der Waals surface area contributed by atoms with E-state index in [1.54, 1.807) is 28.7 Å². The van der Waals surface area contributed by atoms with Crippen molar-refractivity contribution in [3.05, 3.63) is 76.1 Å². The Hall–Kier alpha value is -1.86. The lowest BCUT2D eigenvalue weighted by molar-refractivity contribution is -0.610. The van der Waals surface area contributed by atoms with E-state index >= 15 is 0 Å². The number of hydrogen-bond acceptors (Lipinski definition) is 4. The molecule has 0 fully saturated rings. The van der Waals surface area contributed by atoms with E-state index in [-0.39, 0.29) is 23.2 Å².